The van der Waals surface area contributed by atoms with Gasteiger partial charge in [-0.2, -0.15) is 0 Å². The minimum atomic E-state index is -0.437. The number of nitrogens with zero attached hydrogens (tertiary/aromatic N) is 3. The van der Waals surface area contributed by atoms with Gasteiger partial charge in [0.05, 0.1) is 31.2 Å². The van der Waals surface area contributed by atoms with Gasteiger partial charge in [-0.05, 0) is 36.9 Å². The maximum Gasteiger partial charge on any atom is 0.167 e. The molecule has 0 amide bonds. The Bertz CT molecular complexity index is 827. The van der Waals surface area contributed by atoms with Crippen molar-refractivity contribution < 1.29 is 9.13 Å². The van der Waals surface area contributed by atoms with Crippen molar-refractivity contribution in [3.05, 3.63) is 35.8 Å². The van der Waals surface area contributed by atoms with Crippen LogP contribution in [0.1, 0.15) is 25.5 Å². The number of morpholine rings is 1. The zero-order chi connectivity index (χ0) is 18.3. The van der Waals surface area contributed by atoms with E-state index in [1.54, 1.807) is 12.1 Å². The van der Waals surface area contributed by atoms with E-state index in [1.807, 2.05) is 0 Å². The molecule has 0 radical (unpaired) electrons. The number of anilines is 2. The molecule has 0 unspecified atom stereocenters. The normalized spacial score (nSPS) is 21.7. The third-order valence-corrected chi connectivity index (χ3v) is 6.79. The summed E-state index contributed by atoms with van der Waals surface area (Å²) >= 11 is 1.31. The summed E-state index contributed by atoms with van der Waals surface area (Å²) in [6, 6.07) is 7.14. The average Bonchev–Trinajstić information content (AvgIpc) is 3.45. The van der Waals surface area contributed by atoms with E-state index in [0.717, 1.165) is 30.9 Å². The first kappa shape index (κ1) is 17.5. The summed E-state index contributed by atoms with van der Waals surface area (Å²) in [6.45, 7) is 4.30. The van der Waals surface area contributed by atoms with Gasteiger partial charge < -0.3 is 15.4 Å². The van der Waals surface area contributed by atoms with Crippen molar-refractivity contribution in [2.75, 3.05) is 36.6 Å². The van der Waals surface area contributed by atoms with Crippen molar-refractivity contribution in [2.24, 2.45) is 0 Å². The topological polar surface area (TPSA) is 64.3 Å². The molecule has 2 N–H and O–H groups in total. The molecular formula is C19H24FN4OS+. The molecule has 2 fully saturated rings. The van der Waals surface area contributed by atoms with Crippen LogP contribution in [0.3, 0.4) is 0 Å². The number of nitrogens with two attached hydrogens (primary N) is 1. The van der Waals surface area contributed by atoms with Crippen LogP contribution in [0.4, 0.5) is 15.9 Å². The SMILES string of the molecule is C[SH+]C1(c2cc(N3CCOC[C@@H]3C)nc(-c3ccc(N)c(F)c3)n2)CC1. The maximum atomic E-state index is 14.0. The van der Waals surface area contributed by atoms with E-state index >= 15 is 0 Å². The first-order valence-corrected chi connectivity index (χ1v) is 10.3. The quantitative estimate of drug-likeness (QED) is 0.505. The van der Waals surface area contributed by atoms with Crippen LogP contribution in [0.25, 0.3) is 11.4 Å². The van der Waals surface area contributed by atoms with E-state index in [1.165, 1.54) is 17.8 Å². The van der Waals surface area contributed by atoms with Crippen LogP contribution in [0, 0.1) is 5.82 Å². The highest BCUT2D eigenvalue weighted by Crippen LogP contribution is 2.49. The fourth-order valence-corrected chi connectivity index (χ4v) is 4.30. The number of ether oxygens (including phenoxy) is 1. The Labute approximate surface area is 157 Å². The maximum absolute atomic E-state index is 14.0. The monoisotopic (exact) mass is 375 g/mol. The number of rotatable bonds is 4. The van der Waals surface area contributed by atoms with Gasteiger partial charge in [-0.25, -0.2) is 14.4 Å². The van der Waals surface area contributed by atoms with Crippen LogP contribution in [0.2, 0.25) is 0 Å². The molecule has 1 atom stereocenters. The summed E-state index contributed by atoms with van der Waals surface area (Å²) in [5.74, 6) is 1.02. The zero-order valence-electron chi connectivity index (χ0n) is 15.1. The van der Waals surface area contributed by atoms with Crippen LogP contribution in [-0.2, 0) is 21.2 Å². The Morgan fingerprint density at radius 2 is 2.12 bits per heavy atom. The standard InChI is InChI=1S/C19H23FN4OS/c1-12-11-25-8-7-24(12)17-10-16(19(26-2)5-6-19)22-18(23-17)13-3-4-15(21)14(20)9-13/h3-4,9-10,12H,5-8,11,21H2,1-2H3/p+1/t12-/m0/s1. The van der Waals surface area contributed by atoms with Gasteiger partial charge in [0.15, 0.2) is 10.6 Å². The summed E-state index contributed by atoms with van der Waals surface area (Å²) in [7, 11) is 0. The number of halogens is 1. The lowest BCUT2D eigenvalue weighted by atomic mass is 10.1. The molecule has 0 spiro atoms. The highest BCUT2D eigenvalue weighted by Gasteiger charge is 2.53. The summed E-state index contributed by atoms with van der Waals surface area (Å²) < 4.78 is 19.7. The molecule has 2 heterocycles. The molecule has 7 heteroatoms. The average molecular weight is 375 g/mol. The van der Waals surface area contributed by atoms with Gasteiger partial charge >= 0.3 is 0 Å². The Balaban J connectivity index is 1.81. The second-order valence-electron chi connectivity index (χ2n) is 7.04. The summed E-state index contributed by atoms with van der Waals surface area (Å²) in [5.41, 5.74) is 7.47. The molecule has 0 bridgehead atoms. The summed E-state index contributed by atoms with van der Waals surface area (Å²) in [5, 5.41) is 0. The molecule has 1 aromatic heterocycles. The van der Waals surface area contributed by atoms with Crippen molar-refractivity contribution in [1.82, 2.24) is 9.97 Å². The Morgan fingerprint density at radius 1 is 1.31 bits per heavy atom. The molecule has 5 nitrogen and oxygen atoms in total. The van der Waals surface area contributed by atoms with Gasteiger partial charge in [-0.15, -0.1) is 0 Å². The van der Waals surface area contributed by atoms with Crippen LogP contribution < -0.4 is 10.6 Å². The predicted octanol–water partition coefficient (Wildman–Crippen LogP) is 2.52. The molecule has 1 aliphatic heterocycles. The van der Waals surface area contributed by atoms with Gasteiger partial charge in [0, 0.05) is 31.0 Å². The van der Waals surface area contributed by atoms with Gasteiger partial charge in [-0.1, -0.05) is 0 Å². The molecule has 138 valence electrons. The van der Waals surface area contributed by atoms with Gasteiger partial charge in [-0.3, -0.25) is 0 Å². The lowest BCUT2D eigenvalue weighted by Crippen LogP contribution is -2.44. The number of thiol groups is 1. The van der Waals surface area contributed by atoms with Crippen LogP contribution in [0.15, 0.2) is 24.3 Å². The zero-order valence-corrected chi connectivity index (χ0v) is 16.0. The molecule has 4 rings (SSSR count). The second kappa shape index (κ2) is 6.70. The summed E-state index contributed by atoms with van der Waals surface area (Å²) in [6.07, 6.45) is 4.44. The van der Waals surface area contributed by atoms with Crippen LogP contribution >= 0.6 is 0 Å². The van der Waals surface area contributed by atoms with Gasteiger partial charge in [0.1, 0.15) is 17.3 Å². The molecule has 2 aromatic rings. The molecule has 26 heavy (non-hydrogen) atoms. The first-order chi connectivity index (χ1) is 12.5. The number of nitrogen functional groups attached to an aromatic ring is 1. The third kappa shape index (κ3) is 3.14. The Kier molecular flexibility index (Phi) is 4.52. The highest BCUT2D eigenvalue weighted by molar-refractivity contribution is 7.79. The number of benzene rings is 1. The van der Waals surface area contributed by atoms with Crippen molar-refractivity contribution in [1.29, 1.82) is 0 Å². The fourth-order valence-electron chi connectivity index (χ4n) is 3.40. The molecule has 1 saturated heterocycles. The number of aromatic nitrogens is 2. The van der Waals surface area contributed by atoms with Gasteiger partial charge in [0.2, 0.25) is 0 Å². The molecule has 1 aliphatic carbocycles. The minimum absolute atomic E-state index is 0.119. The predicted molar refractivity (Wildman–Crippen MR) is 105 cm³/mol. The van der Waals surface area contributed by atoms with E-state index in [9.17, 15) is 4.39 Å². The van der Waals surface area contributed by atoms with Crippen LogP contribution in [0.5, 0.6) is 0 Å². The van der Waals surface area contributed by atoms with Crippen LogP contribution in [-0.4, -0.2) is 42.0 Å². The Hall–Kier alpha value is -1.86. The van der Waals surface area contributed by atoms with E-state index in [0.29, 0.717) is 24.6 Å². The van der Waals surface area contributed by atoms with E-state index < -0.39 is 5.82 Å². The van der Waals surface area contributed by atoms with E-state index in [4.69, 9.17) is 20.4 Å². The number of hydrogen-bond acceptors (Lipinski definition) is 5. The van der Waals surface area contributed by atoms with Gasteiger partial charge in [0.25, 0.3) is 0 Å². The lowest BCUT2D eigenvalue weighted by molar-refractivity contribution is 0.0985. The summed E-state index contributed by atoms with van der Waals surface area (Å²) in [4.78, 5) is 11.8. The Morgan fingerprint density at radius 3 is 2.77 bits per heavy atom. The molecule has 2 aliphatic rings. The fraction of sp³-hybridized carbons (Fsp3) is 0.474. The van der Waals surface area contributed by atoms with Crippen molar-refractivity contribution in [2.45, 2.75) is 30.6 Å². The van der Waals surface area contributed by atoms with Crippen molar-refractivity contribution >= 4 is 23.3 Å². The molecule has 1 saturated carbocycles. The van der Waals surface area contributed by atoms with Crippen molar-refractivity contribution in [3.8, 4) is 11.4 Å². The van der Waals surface area contributed by atoms with E-state index in [-0.39, 0.29) is 16.5 Å². The third-order valence-electron chi connectivity index (χ3n) is 5.26. The second-order valence-corrected chi connectivity index (χ2v) is 8.35. The lowest BCUT2D eigenvalue weighted by Gasteiger charge is -2.34. The highest BCUT2D eigenvalue weighted by atomic mass is 32.2. The molecule has 1 aromatic carbocycles. The molecular weight excluding hydrogens is 351 g/mol. The van der Waals surface area contributed by atoms with E-state index in [2.05, 4.69) is 24.1 Å². The first-order valence-electron chi connectivity index (χ1n) is 8.93. The smallest absolute Gasteiger partial charge is 0.167 e. The largest absolute Gasteiger partial charge is 0.396 e. The number of hydrogen-bond donors (Lipinski definition) is 1. The van der Waals surface area contributed by atoms with Crippen molar-refractivity contribution in [3.63, 3.8) is 0 Å². The minimum Gasteiger partial charge on any atom is -0.396 e.